The molecule has 0 unspecified atom stereocenters. The summed E-state index contributed by atoms with van der Waals surface area (Å²) in [6.07, 6.45) is 10.9. The van der Waals surface area contributed by atoms with Gasteiger partial charge in [0.15, 0.2) is 0 Å². The molecule has 1 heterocycles. The van der Waals surface area contributed by atoms with Crippen molar-refractivity contribution in [3.8, 4) is 0 Å². The van der Waals surface area contributed by atoms with E-state index in [1.54, 1.807) is 18.0 Å². The van der Waals surface area contributed by atoms with Crippen LogP contribution in [0.25, 0.3) is 0 Å². The molecule has 5 aliphatic rings. The van der Waals surface area contributed by atoms with Gasteiger partial charge in [-0.25, -0.2) is 0 Å². The van der Waals surface area contributed by atoms with Crippen LogP contribution in [0.3, 0.4) is 0 Å². The molecule has 0 saturated heterocycles. The van der Waals surface area contributed by atoms with Gasteiger partial charge in [-0.15, -0.1) is 0 Å². The number of carbonyl (C=O) groups is 2. The van der Waals surface area contributed by atoms with Crippen molar-refractivity contribution in [1.82, 2.24) is 0 Å². The minimum absolute atomic E-state index is 0.0282. The van der Waals surface area contributed by atoms with Gasteiger partial charge in [-0.05, 0) is 117 Å². The normalized spacial score (nSPS) is 36.6. The highest BCUT2D eigenvalue weighted by atomic mass is 35.5. The van der Waals surface area contributed by atoms with Gasteiger partial charge in [0.25, 0.3) is 0 Å². The fraction of sp³-hybridized carbons (Fsp3) is 0.595. The van der Waals surface area contributed by atoms with E-state index in [1.807, 2.05) is 49.4 Å². The van der Waals surface area contributed by atoms with Crippen molar-refractivity contribution in [2.45, 2.75) is 84.7 Å². The Morgan fingerprint density at radius 2 is 1.67 bits per heavy atom. The minimum atomic E-state index is -0.0490. The standard InChI is InChI=1S/C21H34O2.C16H13ClN2O/c1-13(22)17-6-7-18-16-5-4-14-12-15(23)8-10-20(14,2)19(16)9-11-21(17,18)3;1-19-14-8-7-12(17)9-13(14)16(18-10-15(19)20)11-5-3-2-4-6-11/h14-19,23H,4-12H2,1-3H3;2-9H,10H2,1H3/t14-,15+,16-,17+,18-,19-,20-,21+;/m0./s1. The molecule has 4 aliphatic carbocycles. The van der Waals surface area contributed by atoms with Crippen LogP contribution < -0.4 is 4.90 Å². The van der Waals surface area contributed by atoms with E-state index in [0.717, 1.165) is 65.5 Å². The number of ketones is 1. The summed E-state index contributed by atoms with van der Waals surface area (Å²) in [5.41, 5.74) is 4.25. The highest BCUT2D eigenvalue weighted by Gasteiger charge is 2.60. The molecule has 8 atom stereocenters. The van der Waals surface area contributed by atoms with Crippen molar-refractivity contribution in [3.05, 3.63) is 64.7 Å². The number of hydrogen-bond donors (Lipinski definition) is 1. The zero-order chi connectivity index (χ0) is 30.5. The first kappa shape index (κ1) is 30.5. The molecule has 1 amide bonds. The van der Waals surface area contributed by atoms with E-state index in [1.165, 1.54) is 38.5 Å². The first-order valence-corrected chi connectivity index (χ1v) is 16.8. The van der Waals surface area contributed by atoms with Crippen LogP contribution in [0, 0.1) is 40.4 Å². The predicted molar refractivity (Wildman–Crippen MR) is 174 cm³/mol. The molecule has 7 rings (SSSR count). The number of halogens is 1. The SMILES string of the molecule is CC(=O)[C@H]1CC[C@H]2[C@@H]3CC[C@H]4C[C@H](O)CC[C@]4(C)[C@H]3CC[C@]12C.CN1C(=O)CN=C(c2ccccc2)c2cc(Cl)ccc21. The number of benzene rings is 2. The van der Waals surface area contributed by atoms with Crippen LogP contribution in [-0.2, 0) is 9.59 Å². The zero-order valence-corrected chi connectivity index (χ0v) is 26.9. The van der Waals surface area contributed by atoms with E-state index >= 15 is 0 Å². The molecular weight excluding hydrogens is 556 g/mol. The highest BCUT2D eigenvalue weighted by molar-refractivity contribution is 6.32. The van der Waals surface area contributed by atoms with E-state index in [0.29, 0.717) is 22.1 Å². The van der Waals surface area contributed by atoms with Gasteiger partial charge in [0.05, 0.1) is 17.5 Å². The first-order valence-electron chi connectivity index (χ1n) is 16.4. The molecule has 230 valence electrons. The molecule has 6 heteroatoms. The van der Waals surface area contributed by atoms with E-state index in [2.05, 4.69) is 18.8 Å². The molecule has 2 aromatic carbocycles. The summed E-state index contributed by atoms with van der Waals surface area (Å²) in [6, 6.07) is 15.3. The van der Waals surface area contributed by atoms with Crippen LogP contribution in [0.5, 0.6) is 0 Å². The van der Waals surface area contributed by atoms with E-state index in [-0.39, 0.29) is 24.0 Å². The molecular formula is C37H47ClN2O3. The monoisotopic (exact) mass is 602 g/mol. The third-order valence-electron chi connectivity index (χ3n) is 12.5. The number of aliphatic hydroxyl groups excluding tert-OH is 1. The van der Waals surface area contributed by atoms with Crippen molar-refractivity contribution in [1.29, 1.82) is 0 Å². The average molecular weight is 603 g/mol. The number of nitrogens with zero attached hydrogens (tertiary/aromatic N) is 2. The Labute approximate surface area is 262 Å². The van der Waals surface area contributed by atoms with Gasteiger partial charge in [0, 0.05) is 29.1 Å². The highest BCUT2D eigenvalue weighted by Crippen LogP contribution is 2.67. The Bertz CT molecular complexity index is 1410. The quantitative estimate of drug-likeness (QED) is 0.382. The topological polar surface area (TPSA) is 70.0 Å². The molecule has 0 bridgehead atoms. The van der Waals surface area contributed by atoms with Gasteiger partial charge in [0.2, 0.25) is 5.91 Å². The lowest BCUT2D eigenvalue weighted by atomic mass is 9.44. The number of likely N-dealkylation sites (N-methyl/N-ethyl adjacent to an activating group) is 1. The van der Waals surface area contributed by atoms with Crippen LogP contribution in [0.4, 0.5) is 5.69 Å². The summed E-state index contributed by atoms with van der Waals surface area (Å²) < 4.78 is 0. The average Bonchev–Trinajstić information content (AvgIpc) is 3.30. The molecule has 4 saturated carbocycles. The maximum atomic E-state index is 12.2. The molecule has 2 aromatic rings. The van der Waals surface area contributed by atoms with E-state index < -0.39 is 0 Å². The summed E-state index contributed by atoms with van der Waals surface area (Å²) in [4.78, 5) is 30.3. The molecule has 4 fully saturated rings. The van der Waals surface area contributed by atoms with E-state index in [9.17, 15) is 14.7 Å². The number of amides is 1. The van der Waals surface area contributed by atoms with Crippen molar-refractivity contribution >= 4 is 34.7 Å². The van der Waals surface area contributed by atoms with E-state index in [4.69, 9.17) is 11.6 Å². The summed E-state index contributed by atoms with van der Waals surface area (Å²) >= 11 is 6.11. The second-order valence-corrected chi connectivity index (χ2v) is 15.0. The van der Waals surface area contributed by atoms with Gasteiger partial charge in [-0.2, -0.15) is 0 Å². The molecule has 0 spiro atoms. The minimum Gasteiger partial charge on any atom is -0.393 e. The largest absolute Gasteiger partial charge is 0.393 e. The predicted octanol–water partition coefficient (Wildman–Crippen LogP) is 7.75. The van der Waals surface area contributed by atoms with Crippen molar-refractivity contribution in [2.24, 2.45) is 45.4 Å². The van der Waals surface area contributed by atoms with Crippen LogP contribution >= 0.6 is 11.6 Å². The molecule has 1 aliphatic heterocycles. The third kappa shape index (κ3) is 5.39. The first-order chi connectivity index (χ1) is 20.5. The third-order valence-corrected chi connectivity index (χ3v) is 12.7. The van der Waals surface area contributed by atoms with Crippen molar-refractivity contribution < 1.29 is 14.7 Å². The van der Waals surface area contributed by atoms with Gasteiger partial charge in [0.1, 0.15) is 12.3 Å². The number of carbonyl (C=O) groups excluding carboxylic acids is 2. The Morgan fingerprint density at radius 3 is 2.42 bits per heavy atom. The van der Waals surface area contributed by atoms with Gasteiger partial charge in [-0.1, -0.05) is 55.8 Å². The maximum Gasteiger partial charge on any atom is 0.248 e. The Morgan fingerprint density at radius 1 is 0.953 bits per heavy atom. The molecule has 5 nitrogen and oxygen atoms in total. The van der Waals surface area contributed by atoms with Crippen LogP contribution in [0.1, 0.15) is 89.7 Å². The molecule has 1 N–H and O–H groups in total. The Hall–Kier alpha value is -2.50. The van der Waals surface area contributed by atoms with Crippen molar-refractivity contribution in [2.75, 3.05) is 18.5 Å². The van der Waals surface area contributed by atoms with Crippen LogP contribution in [-0.4, -0.2) is 42.2 Å². The second kappa shape index (κ2) is 11.8. The number of hydrogen-bond acceptors (Lipinski definition) is 4. The molecule has 0 aromatic heterocycles. The van der Waals surface area contributed by atoms with Gasteiger partial charge in [-0.3, -0.25) is 14.6 Å². The van der Waals surface area contributed by atoms with Crippen LogP contribution in [0.15, 0.2) is 53.5 Å². The molecule has 0 radical (unpaired) electrons. The van der Waals surface area contributed by atoms with Crippen LogP contribution in [0.2, 0.25) is 5.02 Å². The lowest BCUT2D eigenvalue weighted by Gasteiger charge is -2.60. The summed E-state index contributed by atoms with van der Waals surface area (Å²) in [6.45, 7) is 6.95. The fourth-order valence-corrected chi connectivity index (χ4v) is 10.4. The summed E-state index contributed by atoms with van der Waals surface area (Å²) in [5, 5.41) is 10.7. The van der Waals surface area contributed by atoms with Gasteiger partial charge < -0.3 is 10.0 Å². The number of anilines is 1. The summed E-state index contributed by atoms with van der Waals surface area (Å²) in [5.74, 6) is 3.94. The number of Topliss-reactive ketones (excluding diaryl/α,β-unsaturated/α-hetero) is 1. The smallest absolute Gasteiger partial charge is 0.248 e. The number of fused-ring (bicyclic) bond motifs is 6. The zero-order valence-electron chi connectivity index (χ0n) is 26.2. The number of benzodiazepines with no additional fused rings is 1. The lowest BCUT2D eigenvalue weighted by molar-refractivity contribution is -0.138. The lowest BCUT2D eigenvalue weighted by Crippen LogP contribution is -2.54. The Kier molecular flexibility index (Phi) is 8.36. The Balaban J connectivity index is 0.000000155. The number of aliphatic imine (C=N–C) groups is 1. The fourth-order valence-electron chi connectivity index (χ4n) is 10.2. The number of rotatable bonds is 2. The van der Waals surface area contributed by atoms with Gasteiger partial charge >= 0.3 is 0 Å². The number of aliphatic hydroxyl groups is 1. The van der Waals surface area contributed by atoms with Crippen molar-refractivity contribution in [3.63, 3.8) is 0 Å². The maximum absolute atomic E-state index is 12.2. The second-order valence-electron chi connectivity index (χ2n) is 14.5. The molecule has 43 heavy (non-hydrogen) atoms. The summed E-state index contributed by atoms with van der Waals surface area (Å²) in [7, 11) is 1.76.